The summed E-state index contributed by atoms with van der Waals surface area (Å²) in [5.41, 5.74) is 0. The van der Waals surface area contributed by atoms with Gasteiger partial charge in [-0.1, -0.05) is 6.92 Å². The van der Waals surface area contributed by atoms with E-state index in [1.165, 1.54) is 0 Å². The van der Waals surface area contributed by atoms with E-state index >= 15 is 0 Å². The fourth-order valence-corrected chi connectivity index (χ4v) is 0.669. The Bertz CT molecular complexity index is 104. The van der Waals surface area contributed by atoms with Crippen molar-refractivity contribution in [3.8, 4) is 0 Å². The van der Waals surface area contributed by atoms with Gasteiger partial charge in [0.25, 0.3) is 0 Å². The molecule has 60 valence electrons. The summed E-state index contributed by atoms with van der Waals surface area (Å²) in [5.74, 6) is 0.0737. The molecule has 0 aliphatic heterocycles. The maximum atomic E-state index is 10.7. The zero-order valence-electron chi connectivity index (χ0n) is 6.81. The number of rotatable bonds is 4. The van der Waals surface area contributed by atoms with E-state index in [-0.39, 0.29) is 11.9 Å². The highest BCUT2D eigenvalue weighted by atomic mass is 16.5. The summed E-state index contributed by atoms with van der Waals surface area (Å²) in [6.07, 6.45) is 0.536. The molecule has 0 saturated heterocycles. The molecule has 1 atom stereocenters. The average Bonchev–Trinajstić information content (AvgIpc) is 1.88. The molecule has 0 bridgehead atoms. The normalized spacial score (nSPS) is 12.7. The number of nitrogens with one attached hydrogen (secondary N) is 1. The van der Waals surface area contributed by atoms with Crippen molar-refractivity contribution in [2.45, 2.75) is 26.3 Å². The number of amides is 1. The lowest BCUT2D eigenvalue weighted by atomic mass is 10.3. The molecule has 1 amide bonds. The first kappa shape index (κ1) is 9.43. The maximum Gasteiger partial charge on any atom is 0.220 e. The Morgan fingerprint density at radius 1 is 1.70 bits per heavy atom. The largest absolute Gasteiger partial charge is 0.383 e. The van der Waals surface area contributed by atoms with Crippen LogP contribution in [-0.2, 0) is 9.53 Å². The zero-order valence-corrected chi connectivity index (χ0v) is 6.81. The molecule has 0 saturated carbocycles. The van der Waals surface area contributed by atoms with E-state index in [9.17, 15) is 4.79 Å². The molecule has 0 aromatic heterocycles. The monoisotopic (exact) mass is 145 g/mol. The predicted octanol–water partition coefficient (Wildman–Crippen LogP) is 0.547. The van der Waals surface area contributed by atoms with Crippen molar-refractivity contribution < 1.29 is 9.53 Å². The first-order valence-electron chi connectivity index (χ1n) is 3.49. The van der Waals surface area contributed by atoms with Crippen LogP contribution in [0.4, 0.5) is 0 Å². The Balaban J connectivity index is 3.37. The number of ether oxygens (including phenoxy) is 1. The number of methoxy groups -OCH3 is 1. The molecule has 0 fully saturated rings. The van der Waals surface area contributed by atoms with Crippen LogP contribution < -0.4 is 5.32 Å². The smallest absolute Gasteiger partial charge is 0.220 e. The first-order chi connectivity index (χ1) is 4.70. The van der Waals surface area contributed by atoms with Gasteiger partial charge in [-0.25, -0.2) is 0 Å². The summed E-state index contributed by atoms with van der Waals surface area (Å²) in [5, 5.41) is 2.77. The van der Waals surface area contributed by atoms with Crippen molar-refractivity contribution in [2.24, 2.45) is 0 Å². The van der Waals surface area contributed by atoms with Gasteiger partial charge in [0, 0.05) is 19.6 Å². The third-order valence-corrected chi connectivity index (χ3v) is 1.15. The lowest BCUT2D eigenvalue weighted by molar-refractivity contribution is -0.121. The van der Waals surface area contributed by atoms with Gasteiger partial charge in [0.15, 0.2) is 0 Å². The summed E-state index contributed by atoms with van der Waals surface area (Å²) < 4.78 is 4.83. The molecule has 1 N–H and O–H groups in total. The van der Waals surface area contributed by atoms with Crippen LogP contribution in [0.3, 0.4) is 0 Å². The predicted molar refractivity (Wildman–Crippen MR) is 39.8 cm³/mol. The van der Waals surface area contributed by atoms with Gasteiger partial charge in [0.1, 0.15) is 0 Å². The Kier molecular flexibility index (Phi) is 4.94. The van der Waals surface area contributed by atoms with Crippen molar-refractivity contribution in [1.82, 2.24) is 5.32 Å². The SMILES string of the molecule is CCC(=O)N[C@H](C)COC. The second kappa shape index (κ2) is 5.23. The van der Waals surface area contributed by atoms with Crippen LogP contribution in [0.1, 0.15) is 20.3 Å². The van der Waals surface area contributed by atoms with Gasteiger partial charge in [0.2, 0.25) is 5.91 Å². The van der Waals surface area contributed by atoms with Gasteiger partial charge in [-0.2, -0.15) is 0 Å². The van der Waals surface area contributed by atoms with Crippen LogP contribution in [0.25, 0.3) is 0 Å². The fraction of sp³-hybridized carbons (Fsp3) is 0.857. The van der Waals surface area contributed by atoms with Gasteiger partial charge >= 0.3 is 0 Å². The number of carbonyl (C=O) groups excluding carboxylic acids is 1. The Morgan fingerprint density at radius 3 is 2.70 bits per heavy atom. The molecule has 3 nitrogen and oxygen atoms in total. The summed E-state index contributed by atoms with van der Waals surface area (Å²) in [7, 11) is 1.62. The molecule has 0 heterocycles. The van der Waals surface area contributed by atoms with Crippen molar-refractivity contribution >= 4 is 5.91 Å². The maximum absolute atomic E-state index is 10.7. The highest BCUT2D eigenvalue weighted by Gasteiger charge is 2.02. The number of hydrogen-bond donors (Lipinski definition) is 1. The van der Waals surface area contributed by atoms with E-state index in [0.29, 0.717) is 13.0 Å². The van der Waals surface area contributed by atoms with Crippen molar-refractivity contribution in [3.05, 3.63) is 0 Å². The van der Waals surface area contributed by atoms with Crippen LogP contribution in [0, 0.1) is 0 Å². The highest BCUT2D eigenvalue weighted by molar-refractivity contribution is 5.75. The van der Waals surface area contributed by atoms with Gasteiger partial charge in [-0.3, -0.25) is 4.79 Å². The highest BCUT2D eigenvalue weighted by Crippen LogP contribution is 1.83. The summed E-state index contributed by atoms with van der Waals surface area (Å²) >= 11 is 0. The molecule has 0 aliphatic rings. The lowest BCUT2D eigenvalue weighted by Crippen LogP contribution is -2.34. The van der Waals surface area contributed by atoms with E-state index in [1.807, 2.05) is 13.8 Å². The molecule has 0 radical (unpaired) electrons. The summed E-state index contributed by atoms with van der Waals surface area (Å²) in [4.78, 5) is 10.7. The second-order valence-electron chi connectivity index (χ2n) is 2.28. The molecular formula is C7H15NO2. The van der Waals surface area contributed by atoms with Gasteiger partial charge < -0.3 is 10.1 Å². The Morgan fingerprint density at radius 2 is 2.30 bits per heavy atom. The molecular weight excluding hydrogens is 130 g/mol. The van der Waals surface area contributed by atoms with Crippen LogP contribution in [-0.4, -0.2) is 25.7 Å². The standard InChI is InChI=1S/C7H15NO2/c1-4-7(9)8-6(2)5-10-3/h6H,4-5H2,1-3H3,(H,8,9)/t6-/m1/s1. The number of hydrogen-bond acceptors (Lipinski definition) is 2. The van der Waals surface area contributed by atoms with Crippen molar-refractivity contribution in [3.63, 3.8) is 0 Å². The molecule has 0 rings (SSSR count). The molecule has 0 aliphatic carbocycles. The van der Waals surface area contributed by atoms with Crippen LogP contribution in [0.15, 0.2) is 0 Å². The number of carbonyl (C=O) groups is 1. The zero-order chi connectivity index (χ0) is 7.98. The van der Waals surface area contributed by atoms with Crippen LogP contribution in [0.2, 0.25) is 0 Å². The molecule has 0 aromatic carbocycles. The lowest BCUT2D eigenvalue weighted by Gasteiger charge is -2.10. The minimum absolute atomic E-state index is 0.0737. The van der Waals surface area contributed by atoms with E-state index in [4.69, 9.17) is 4.74 Å². The first-order valence-corrected chi connectivity index (χ1v) is 3.49. The molecule has 3 heteroatoms. The molecule has 0 spiro atoms. The summed E-state index contributed by atoms with van der Waals surface area (Å²) in [6, 6.07) is 0.123. The van der Waals surface area contributed by atoms with Crippen molar-refractivity contribution in [2.75, 3.05) is 13.7 Å². The fourth-order valence-electron chi connectivity index (χ4n) is 0.669. The summed E-state index contributed by atoms with van der Waals surface area (Å²) in [6.45, 7) is 4.32. The molecule has 0 aromatic rings. The topological polar surface area (TPSA) is 38.3 Å². The third-order valence-electron chi connectivity index (χ3n) is 1.15. The van der Waals surface area contributed by atoms with Gasteiger partial charge in [0.05, 0.1) is 6.61 Å². The average molecular weight is 145 g/mol. The van der Waals surface area contributed by atoms with Crippen LogP contribution >= 0.6 is 0 Å². The third kappa shape index (κ3) is 4.32. The van der Waals surface area contributed by atoms with E-state index < -0.39 is 0 Å². The van der Waals surface area contributed by atoms with Crippen molar-refractivity contribution in [1.29, 1.82) is 0 Å². The van der Waals surface area contributed by atoms with Gasteiger partial charge in [-0.15, -0.1) is 0 Å². The Hall–Kier alpha value is -0.570. The Labute approximate surface area is 61.8 Å². The van der Waals surface area contributed by atoms with E-state index in [2.05, 4.69) is 5.32 Å². The minimum atomic E-state index is 0.0737. The minimum Gasteiger partial charge on any atom is -0.383 e. The van der Waals surface area contributed by atoms with E-state index in [0.717, 1.165) is 0 Å². The molecule has 10 heavy (non-hydrogen) atoms. The van der Waals surface area contributed by atoms with Gasteiger partial charge in [-0.05, 0) is 6.92 Å². The second-order valence-corrected chi connectivity index (χ2v) is 2.28. The molecule has 0 unspecified atom stereocenters. The van der Waals surface area contributed by atoms with E-state index in [1.54, 1.807) is 7.11 Å². The quantitative estimate of drug-likeness (QED) is 0.627. The van der Waals surface area contributed by atoms with Crippen LogP contribution in [0.5, 0.6) is 0 Å².